The Hall–Kier alpha value is -0.860. The number of ether oxygens (including phenoxy) is 1. The van der Waals surface area contributed by atoms with Crippen LogP contribution in [0.15, 0.2) is 24.3 Å². The van der Waals surface area contributed by atoms with Crippen molar-refractivity contribution in [1.82, 2.24) is 5.32 Å². The first-order chi connectivity index (χ1) is 9.31. The number of hydrogen-bond acceptors (Lipinski definition) is 2. The molecule has 1 aliphatic carbocycles. The molecular formula is C17H27NO. The third-order valence-electron chi connectivity index (χ3n) is 3.97. The second-order valence-electron chi connectivity index (χ2n) is 5.55. The molecule has 0 bridgehead atoms. The van der Waals surface area contributed by atoms with Gasteiger partial charge in [-0.05, 0) is 56.7 Å². The molecular weight excluding hydrogens is 234 g/mol. The Morgan fingerprint density at radius 1 is 1.37 bits per heavy atom. The third kappa shape index (κ3) is 4.32. The Balaban J connectivity index is 1.75. The van der Waals surface area contributed by atoms with Crippen molar-refractivity contribution in [2.24, 2.45) is 0 Å². The fourth-order valence-electron chi connectivity index (χ4n) is 2.95. The van der Waals surface area contributed by atoms with Gasteiger partial charge in [-0.15, -0.1) is 0 Å². The topological polar surface area (TPSA) is 21.3 Å². The summed E-state index contributed by atoms with van der Waals surface area (Å²) in [6.07, 6.45) is 6.33. The van der Waals surface area contributed by atoms with E-state index in [0.29, 0.717) is 12.1 Å². The maximum atomic E-state index is 6.11. The van der Waals surface area contributed by atoms with Crippen LogP contribution >= 0.6 is 0 Å². The quantitative estimate of drug-likeness (QED) is 0.753. The second-order valence-corrected chi connectivity index (χ2v) is 5.55. The van der Waals surface area contributed by atoms with E-state index in [1.165, 1.54) is 36.8 Å². The average Bonchev–Trinajstić information content (AvgIpc) is 2.44. The second kappa shape index (κ2) is 7.66. The van der Waals surface area contributed by atoms with Crippen LogP contribution in [0, 0.1) is 0 Å². The Morgan fingerprint density at radius 3 is 3.05 bits per heavy atom. The molecule has 1 N–H and O–H groups in total. The van der Waals surface area contributed by atoms with Crippen molar-refractivity contribution < 1.29 is 4.74 Å². The molecule has 0 aromatic heterocycles. The lowest BCUT2D eigenvalue weighted by Crippen LogP contribution is -2.25. The first-order valence-corrected chi connectivity index (χ1v) is 7.74. The SMILES string of the molecule is CCNC(C)CCCOC1CCCc2ccccc21. The van der Waals surface area contributed by atoms with Gasteiger partial charge in [0.2, 0.25) is 0 Å². The van der Waals surface area contributed by atoms with Crippen LogP contribution in [0.4, 0.5) is 0 Å². The molecule has 0 fully saturated rings. The van der Waals surface area contributed by atoms with Crippen molar-refractivity contribution in [2.75, 3.05) is 13.2 Å². The predicted molar refractivity (Wildman–Crippen MR) is 80.4 cm³/mol. The van der Waals surface area contributed by atoms with E-state index < -0.39 is 0 Å². The zero-order valence-corrected chi connectivity index (χ0v) is 12.3. The molecule has 1 aliphatic rings. The molecule has 0 spiro atoms. The lowest BCUT2D eigenvalue weighted by atomic mass is 9.89. The fourth-order valence-corrected chi connectivity index (χ4v) is 2.95. The summed E-state index contributed by atoms with van der Waals surface area (Å²) < 4.78 is 6.11. The van der Waals surface area contributed by atoms with Crippen LogP contribution in [0.1, 0.15) is 56.8 Å². The summed E-state index contributed by atoms with van der Waals surface area (Å²) in [6, 6.07) is 9.36. The van der Waals surface area contributed by atoms with E-state index >= 15 is 0 Å². The van der Waals surface area contributed by atoms with Gasteiger partial charge in [0.15, 0.2) is 0 Å². The van der Waals surface area contributed by atoms with Crippen molar-refractivity contribution in [2.45, 2.75) is 58.1 Å². The largest absolute Gasteiger partial charge is 0.374 e. The summed E-state index contributed by atoms with van der Waals surface area (Å²) in [6.45, 7) is 6.35. The molecule has 2 heteroatoms. The normalized spacial score (nSPS) is 20.0. The third-order valence-corrected chi connectivity index (χ3v) is 3.97. The Bertz CT molecular complexity index is 377. The molecule has 2 atom stereocenters. The fraction of sp³-hybridized carbons (Fsp3) is 0.647. The van der Waals surface area contributed by atoms with E-state index in [2.05, 4.69) is 43.4 Å². The highest BCUT2D eigenvalue weighted by atomic mass is 16.5. The number of benzene rings is 1. The zero-order chi connectivity index (χ0) is 13.5. The van der Waals surface area contributed by atoms with Gasteiger partial charge in [0.1, 0.15) is 0 Å². The molecule has 2 rings (SSSR count). The van der Waals surface area contributed by atoms with Crippen molar-refractivity contribution in [3.8, 4) is 0 Å². The standard InChI is InChI=1S/C17H27NO/c1-3-18-14(2)8-7-13-19-17-12-6-10-15-9-4-5-11-16(15)17/h4-5,9,11,14,17-18H,3,6-8,10,12-13H2,1-2H3. The van der Waals surface area contributed by atoms with Crippen LogP contribution in [0.3, 0.4) is 0 Å². The van der Waals surface area contributed by atoms with Crippen LogP contribution in [-0.2, 0) is 11.2 Å². The monoisotopic (exact) mass is 261 g/mol. The number of nitrogens with one attached hydrogen (secondary N) is 1. The molecule has 2 nitrogen and oxygen atoms in total. The lowest BCUT2D eigenvalue weighted by molar-refractivity contribution is 0.0376. The van der Waals surface area contributed by atoms with Crippen LogP contribution in [0.5, 0.6) is 0 Å². The molecule has 0 aliphatic heterocycles. The summed E-state index contributed by atoms with van der Waals surface area (Å²) in [5, 5.41) is 3.44. The van der Waals surface area contributed by atoms with Gasteiger partial charge in [0.25, 0.3) is 0 Å². The van der Waals surface area contributed by atoms with Crippen molar-refractivity contribution >= 4 is 0 Å². The van der Waals surface area contributed by atoms with Crippen molar-refractivity contribution in [1.29, 1.82) is 0 Å². The Morgan fingerprint density at radius 2 is 2.21 bits per heavy atom. The summed E-state index contributed by atoms with van der Waals surface area (Å²) in [5.41, 5.74) is 2.91. The van der Waals surface area contributed by atoms with E-state index in [4.69, 9.17) is 4.74 Å². The summed E-state index contributed by atoms with van der Waals surface area (Å²) in [5.74, 6) is 0. The lowest BCUT2D eigenvalue weighted by Gasteiger charge is -2.25. The van der Waals surface area contributed by atoms with E-state index in [1.807, 2.05) is 0 Å². The number of fused-ring (bicyclic) bond motifs is 1. The van der Waals surface area contributed by atoms with Gasteiger partial charge in [-0.3, -0.25) is 0 Å². The first-order valence-electron chi connectivity index (χ1n) is 7.74. The molecule has 106 valence electrons. The van der Waals surface area contributed by atoms with E-state index in [9.17, 15) is 0 Å². The minimum absolute atomic E-state index is 0.333. The van der Waals surface area contributed by atoms with Crippen LogP contribution in [0.25, 0.3) is 0 Å². The summed E-state index contributed by atoms with van der Waals surface area (Å²) >= 11 is 0. The van der Waals surface area contributed by atoms with E-state index in [-0.39, 0.29) is 0 Å². The Labute approximate surface area is 117 Å². The van der Waals surface area contributed by atoms with Crippen molar-refractivity contribution in [3.63, 3.8) is 0 Å². The maximum absolute atomic E-state index is 6.11. The maximum Gasteiger partial charge on any atom is 0.0827 e. The highest BCUT2D eigenvalue weighted by molar-refractivity contribution is 5.31. The van der Waals surface area contributed by atoms with Gasteiger partial charge < -0.3 is 10.1 Å². The highest BCUT2D eigenvalue weighted by Crippen LogP contribution is 2.32. The molecule has 0 radical (unpaired) electrons. The van der Waals surface area contributed by atoms with E-state index in [1.54, 1.807) is 0 Å². The molecule has 19 heavy (non-hydrogen) atoms. The van der Waals surface area contributed by atoms with Gasteiger partial charge in [0.05, 0.1) is 6.10 Å². The average molecular weight is 261 g/mol. The molecule has 2 unspecified atom stereocenters. The van der Waals surface area contributed by atoms with Gasteiger partial charge in [-0.2, -0.15) is 0 Å². The molecule has 1 aromatic carbocycles. The van der Waals surface area contributed by atoms with Crippen LogP contribution in [-0.4, -0.2) is 19.2 Å². The number of rotatable bonds is 7. The minimum Gasteiger partial charge on any atom is -0.374 e. The van der Waals surface area contributed by atoms with Crippen LogP contribution in [0.2, 0.25) is 0 Å². The molecule has 0 saturated heterocycles. The number of aryl methyl sites for hydroxylation is 1. The predicted octanol–water partition coefficient (Wildman–Crippen LogP) is 3.86. The smallest absolute Gasteiger partial charge is 0.0827 e. The highest BCUT2D eigenvalue weighted by Gasteiger charge is 2.19. The summed E-state index contributed by atoms with van der Waals surface area (Å²) in [4.78, 5) is 0. The van der Waals surface area contributed by atoms with Crippen molar-refractivity contribution in [3.05, 3.63) is 35.4 Å². The number of hydrogen-bond donors (Lipinski definition) is 1. The minimum atomic E-state index is 0.333. The van der Waals surface area contributed by atoms with Gasteiger partial charge in [-0.1, -0.05) is 31.2 Å². The van der Waals surface area contributed by atoms with Gasteiger partial charge >= 0.3 is 0 Å². The first kappa shape index (κ1) is 14.5. The zero-order valence-electron chi connectivity index (χ0n) is 12.3. The molecule has 0 saturated carbocycles. The molecule has 1 aromatic rings. The van der Waals surface area contributed by atoms with Crippen LogP contribution < -0.4 is 5.32 Å². The molecule has 0 heterocycles. The summed E-state index contributed by atoms with van der Waals surface area (Å²) in [7, 11) is 0. The Kier molecular flexibility index (Phi) is 5.87. The molecule has 0 amide bonds. The van der Waals surface area contributed by atoms with Gasteiger partial charge in [-0.25, -0.2) is 0 Å². The van der Waals surface area contributed by atoms with E-state index in [0.717, 1.165) is 19.6 Å². The van der Waals surface area contributed by atoms with Gasteiger partial charge in [0, 0.05) is 12.6 Å².